The van der Waals surface area contributed by atoms with Crippen LogP contribution in [0, 0.1) is 11.3 Å². The van der Waals surface area contributed by atoms with Crippen molar-refractivity contribution in [2.45, 2.75) is 89.5 Å². The van der Waals surface area contributed by atoms with Crippen LogP contribution >= 0.6 is 8.53 Å². The Morgan fingerprint density at radius 1 is 0.948 bits per heavy atom. The summed E-state index contributed by atoms with van der Waals surface area (Å²) in [5.41, 5.74) is 1.05. The predicted molar refractivity (Wildman–Crippen MR) is 224 cm³/mol. The van der Waals surface area contributed by atoms with Crippen LogP contribution in [-0.4, -0.2) is 90.3 Å². The van der Waals surface area contributed by atoms with Gasteiger partial charge in [-0.05, 0) is 81.1 Å². The molecular weight excluding hydrogens is 755 g/mol. The number of likely N-dealkylation sites (tertiary alicyclic amines) is 1. The quantitative estimate of drug-likeness (QED) is 0.0551. The Kier molecular flexibility index (Phi) is 14.7. The van der Waals surface area contributed by atoms with Crippen molar-refractivity contribution in [3.05, 3.63) is 118 Å². The number of ether oxygens (including phenoxy) is 4. The first-order chi connectivity index (χ1) is 28.1. The van der Waals surface area contributed by atoms with Crippen LogP contribution in [0.5, 0.6) is 11.5 Å². The van der Waals surface area contributed by atoms with E-state index in [2.05, 4.69) is 53.3 Å². The number of hydrogen-bond donors (Lipinski definition) is 0. The highest BCUT2D eigenvalue weighted by Gasteiger charge is 2.45. The Morgan fingerprint density at radius 2 is 1.57 bits per heavy atom. The van der Waals surface area contributed by atoms with Gasteiger partial charge in [-0.3, -0.25) is 4.57 Å². The van der Waals surface area contributed by atoms with Gasteiger partial charge in [0.15, 0.2) is 5.82 Å². The minimum Gasteiger partial charge on any atom is -0.497 e. The largest absolute Gasteiger partial charge is 0.497 e. The molecule has 0 radical (unpaired) electrons. The summed E-state index contributed by atoms with van der Waals surface area (Å²) in [5, 5.41) is 9.37. The van der Waals surface area contributed by atoms with Crippen molar-refractivity contribution in [2.24, 2.45) is 4.99 Å². The fourth-order valence-electron chi connectivity index (χ4n) is 7.58. The standard InChI is InChI=1S/C44H55N6O7P/c1-31(2)50(32(3)4)58(55-28-12-25-45)57-38-29-42(49-27-24-40(47-43(49)51)46-41-15-11-26-48(41)5)56-39(38)30-54-44(33-13-9-8-10-14-33,34-16-20-36(52-6)21-17-34)35-18-22-37(53-7)23-19-35/h8-10,13-14,16-24,27,31-32,38-39,42H,11-12,15,26,28-30H2,1-7H3/b46-41-/t38?,39-,42-,58?/m1/s1. The van der Waals surface area contributed by atoms with Gasteiger partial charge in [0.2, 0.25) is 0 Å². The molecule has 14 heteroatoms. The lowest BCUT2D eigenvalue weighted by atomic mass is 9.80. The number of benzene rings is 3. The maximum absolute atomic E-state index is 13.7. The first-order valence-corrected chi connectivity index (χ1v) is 21.0. The van der Waals surface area contributed by atoms with Gasteiger partial charge in [0.05, 0.1) is 46.0 Å². The molecule has 0 bridgehead atoms. The zero-order valence-corrected chi connectivity index (χ0v) is 35.4. The zero-order chi connectivity index (χ0) is 41.2. The molecule has 3 aromatic carbocycles. The summed E-state index contributed by atoms with van der Waals surface area (Å²) in [6.45, 7) is 9.59. The summed E-state index contributed by atoms with van der Waals surface area (Å²) in [6, 6.07) is 29.9. The molecule has 3 heterocycles. The highest BCUT2D eigenvalue weighted by Crippen LogP contribution is 2.50. The molecule has 4 aromatic rings. The summed E-state index contributed by atoms with van der Waals surface area (Å²) in [7, 11) is 3.62. The molecule has 308 valence electrons. The molecule has 2 unspecified atom stereocenters. The Balaban J connectivity index is 1.40. The van der Waals surface area contributed by atoms with E-state index >= 15 is 0 Å². The fourth-order valence-corrected chi connectivity index (χ4v) is 9.33. The summed E-state index contributed by atoms with van der Waals surface area (Å²) in [4.78, 5) is 24.8. The predicted octanol–water partition coefficient (Wildman–Crippen LogP) is 7.97. The van der Waals surface area contributed by atoms with E-state index in [9.17, 15) is 10.1 Å². The summed E-state index contributed by atoms with van der Waals surface area (Å²) in [6.07, 6.45) is 2.15. The second-order valence-electron chi connectivity index (χ2n) is 14.9. The highest BCUT2D eigenvalue weighted by molar-refractivity contribution is 7.44. The van der Waals surface area contributed by atoms with Gasteiger partial charge in [-0.15, -0.1) is 0 Å². The van der Waals surface area contributed by atoms with Gasteiger partial charge >= 0.3 is 5.69 Å². The number of methoxy groups -OCH3 is 2. The molecule has 0 N–H and O–H groups in total. The maximum atomic E-state index is 13.7. The SMILES string of the molecule is COc1ccc(C(OC[C@H]2O[C@@H](n3ccc(/N=C4/CCCN4C)nc3=O)CC2OP(OCCC#N)N(C(C)C)C(C)C)(c2ccccc2)c2ccc(OC)cc2)cc1. The van der Waals surface area contributed by atoms with E-state index in [1.54, 1.807) is 26.5 Å². The van der Waals surface area contributed by atoms with Crippen LogP contribution < -0.4 is 15.2 Å². The maximum Gasteiger partial charge on any atom is 0.351 e. The zero-order valence-electron chi connectivity index (χ0n) is 34.5. The number of nitrogens with zero attached hydrogens (tertiary/aromatic N) is 6. The minimum atomic E-state index is -1.65. The third-order valence-electron chi connectivity index (χ3n) is 10.4. The highest BCUT2D eigenvalue weighted by atomic mass is 31.2. The number of nitriles is 1. The molecule has 2 saturated heterocycles. The molecule has 6 rings (SSSR count). The Bertz CT molecular complexity index is 2000. The fraction of sp³-hybridized carbons (Fsp3) is 0.455. The van der Waals surface area contributed by atoms with Crippen LogP contribution in [0.25, 0.3) is 0 Å². The van der Waals surface area contributed by atoms with E-state index in [1.165, 1.54) is 4.57 Å². The van der Waals surface area contributed by atoms with Gasteiger partial charge in [0.1, 0.15) is 35.3 Å². The molecule has 0 spiro atoms. The third-order valence-corrected chi connectivity index (χ3v) is 12.6. The lowest BCUT2D eigenvalue weighted by Crippen LogP contribution is -2.39. The molecule has 2 aliphatic rings. The Hall–Kier alpha value is -4.67. The van der Waals surface area contributed by atoms with E-state index in [0.29, 0.717) is 23.7 Å². The Morgan fingerprint density at radius 3 is 2.10 bits per heavy atom. The van der Waals surface area contributed by atoms with E-state index in [1.807, 2.05) is 85.9 Å². The van der Waals surface area contributed by atoms with Gasteiger partial charge in [-0.1, -0.05) is 54.6 Å². The van der Waals surface area contributed by atoms with Crippen molar-refractivity contribution in [1.29, 1.82) is 5.26 Å². The lowest BCUT2D eigenvalue weighted by molar-refractivity contribution is -0.0925. The molecule has 0 saturated carbocycles. The average molecular weight is 811 g/mol. The average Bonchev–Trinajstić information content (AvgIpc) is 3.83. The number of amidine groups is 1. The molecule has 0 amide bonds. The van der Waals surface area contributed by atoms with Gasteiger partial charge in [0.25, 0.3) is 8.53 Å². The Labute approximate surface area is 343 Å². The summed E-state index contributed by atoms with van der Waals surface area (Å²) < 4.78 is 42.2. The monoisotopic (exact) mass is 810 g/mol. The lowest BCUT2D eigenvalue weighted by Gasteiger charge is -2.39. The molecule has 58 heavy (non-hydrogen) atoms. The number of aromatic nitrogens is 2. The van der Waals surface area contributed by atoms with Crippen molar-refractivity contribution in [2.75, 3.05) is 41.0 Å². The molecule has 4 atom stereocenters. The van der Waals surface area contributed by atoms with Crippen LogP contribution in [0.3, 0.4) is 0 Å². The number of rotatable bonds is 18. The summed E-state index contributed by atoms with van der Waals surface area (Å²) in [5.74, 6) is 2.70. The molecule has 2 aliphatic heterocycles. The molecule has 1 aromatic heterocycles. The van der Waals surface area contributed by atoms with Crippen LogP contribution in [0.1, 0.15) is 76.3 Å². The number of hydrogen-bond acceptors (Lipinski definition) is 11. The first kappa shape index (κ1) is 42.9. The van der Waals surface area contributed by atoms with Crippen LogP contribution in [0.4, 0.5) is 5.82 Å². The van der Waals surface area contributed by atoms with Gasteiger partial charge in [-0.2, -0.15) is 10.2 Å². The van der Waals surface area contributed by atoms with E-state index in [0.717, 1.165) is 41.9 Å². The summed E-state index contributed by atoms with van der Waals surface area (Å²) >= 11 is 0. The molecular formula is C44H55N6O7P. The van der Waals surface area contributed by atoms with Crippen molar-refractivity contribution in [3.63, 3.8) is 0 Å². The second kappa shape index (κ2) is 19.9. The van der Waals surface area contributed by atoms with Crippen molar-refractivity contribution >= 4 is 20.2 Å². The van der Waals surface area contributed by atoms with Crippen molar-refractivity contribution in [3.8, 4) is 17.6 Å². The topological polar surface area (TPSA) is 133 Å². The molecule has 2 fully saturated rings. The van der Waals surface area contributed by atoms with Crippen LogP contribution in [-0.2, 0) is 24.1 Å². The third kappa shape index (κ3) is 9.78. The van der Waals surface area contributed by atoms with Gasteiger partial charge in [-0.25, -0.2) is 14.5 Å². The van der Waals surface area contributed by atoms with Gasteiger partial charge in [0, 0.05) is 44.7 Å². The smallest absolute Gasteiger partial charge is 0.351 e. The minimum absolute atomic E-state index is 0.0685. The van der Waals surface area contributed by atoms with Crippen molar-refractivity contribution in [1.82, 2.24) is 19.1 Å². The van der Waals surface area contributed by atoms with E-state index < -0.39 is 38.3 Å². The molecule has 13 nitrogen and oxygen atoms in total. The molecule has 0 aliphatic carbocycles. The van der Waals surface area contributed by atoms with E-state index in [4.69, 9.17) is 28.0 Å². The van der Waals surface area contributed by atoms with Gasteiger partial charge < -0.3 is 32.9 Å². The van der Waals surface area contributed by atoms with Crippen molar-refractivity contribution < 1.29 is 28.0 Å². The first-order valence-electron chi connectivity index (χ1n) is 19.8. The second-order valence-corrected chi connectivity index (χ2v) is 16.3. The van der Waals surface area contributed by atoms with E-state index in [-0.39, 0.29) is 31.7 Å². The normalized spacial score (nSPS) is 19.6. The van der Waals surface area contributed by atoms with Crippen LogP contribution in [0.2, 0.25) is 0 Å². The number of aliphatic imine (C=N–C) groups is 1. The van der Waals surface area contributed by atoms with Crippen LogP contribution in [0.15, 0.2) is 101 Å².